The lowest BCUT2D eigenvalue weighted by Crippen LogP contribution is -2.50. The fourth-order valence-electron chi connectivity index (χ4n) is 4.44. The van der Waals surface area contributed by atoms with Crippen LogP contribution in [0, 0.1) is 10.1 Å². The third-order valence-electron chi connectivity index (χ3n) is 6.25. The summed E-state index contributed by atoms with van der Waals surface area (Å²) in [6.45, 7) is 4.36. The van der Waals surface area contributed by atoms with E-state index >= 15 is 0 Å². The zero-order valence-corrected chi connectivity index (χ0v) is 19.6. The molecule has 0 radical (unpaired) electrons. The number of nitro groups is 1. The Morgan fingerprint density at radius 1 is 1.17 bits per heavy atom. The second kappa shape index (κ2) is 9.55. The lowest BCUT2D eigenvalue weighted by Gasteiger charge is -2.35. The number of hydrogen-bond acceptors (Lipinski definition) is 8. The molecule has 1 aliphatic heterocycles. The fraction of sp³-hybridized carbons (Fsp3) is 0.231. The molecule has 0 spiro atoms. The van der Waals surface area contributed by atoms with Crippen LogP contribution in [0.1, 0.15) is 6.92 Å². The van der Waals surface area contributed by atoms with E-state index in [4.69, 9.17) is 9.72 Å². The summed E-state index contributed by atoms with van der Waals surface area (Å²) < 4.78 is 5.27. The minimum atomic E-state index is -0.335. The van der Waals surface area contributed by atoms with Crippen LogP contribution in [0.15, 0.2) is 66.9 Å². The van der Waals surface area contributed by atoms with E-state index in [1.807, 2.05) is 48.5 Å². The van der Waals surface area contributed by atoms with Crippen molar-refractivity contribution in [2.24, 2.45) is 0 Å². The Morgan fingerprint density at radius 3 is 2.74 bits per heavy atom. The highest BCUT2D eigenvalue weighted by molar-refractivity contribution is 5.94. The lowest BCUT2D eigenvalue weighted by atomic mass is 10.0. The van der Waals surface area contributed by atoms with Crippen LogP contribution in [0.2, 0.25) is 0 Å². The number of ether oxygens (including phenoxy) is 1. The van der Waals surface area contributed by atoms with Crippen molar-refractivity contribution >= 4 is 33.9 Å². The molecule has 1 fully saturated rings. The van der Waals surface area contributed by atoms with Crippen LogP contribution in [0.4, 0.5) is 23.0 Å². The summed E-state index contributed by atoms with van der Waals surface area (Å²) in [5, 5.41) is 19.3. The zero-order valence-electron chi connectivity index (χ0n) is 19.6. The first kappa shape index (κ1) is 22.5. The second-order valence-corrected chi connectivity index (χ2v) is 8.50. The van der Waals surface area contributed by atoms with Gasteiger partial charge in [-0.05, 0) is 36.8 Å². The third-order valence-corrected chi connectivity index (χ3v) is 6.25. The summed E-state index contributed by atoms with van der Waals surface area (Å²) in [6, 6.07) is 19.1. The highest BCUT2D eigenvalue weighted by atomic mass is 16.6. The summed E-state index contributed by atoms with van der Waals surface area (Å²) in [5.74, 6) is 1.15. The number of methoxy groups -OCH3 is 1. The van der Waals surface area contributed by atoms with Gasteiger partial charge in [-0.25, -0.2) is 9.97 Å². The van der Waals surface area contributed by atoms with Crippen molar-refractivity contribution < 1.29 is 9.66 Å². The van der Waals surface area contributed by atoms with Gasteiger partial charge >= 0.3 is 0 Å². The van der Waals surface area contributed by atoms with E-state index < -0.39 is 0 Å². The van der Waals surface area contributed by atoms with Crippen molar-refractivity contribution in [3.63, 3.8) is 0 Å². The Kier molecular flexibility index (Phi) is 6.15. The Labute approximate surface area is 202 Å². The van der Waals surface area contributed by atoms with Gasteiger partial charge in [0.05, 0.1) is 17.5 Å². The molecule has 5 rings (SSSR count). The topological polar surface area (TPSA) is 105 Å². The van der Waals surface area contributed by atoms with Crippen LogP contribution in [-0.2, 0) is 0 Å². The maximum absolute atomic E-state index is 11.9. The number of hydrogen-bond donors (Lipinski definition) is 2. The van der Waals surface area contributed by atoms with E-state index in [2.05, 4.69) is 27.4 Å². The molecule has 35 heavy (non-hydrogen) atoms. The summed E-state index contributed by atoms with van der Waals surface area (Å²) in [4.78, 5) is 22.8. The monoisotopic (exact) mass is 470 g/mol. The maximum atomic E-state index is 11.9. The molecule has 178 valence electrons. The number of nitrogens with one attached hydrogen (secondary N) is 2. The van der Waals surface area contributed by atoms with Crippen LogP contribution in [0.5, 0.6) is 5.75 Å². The van der Waals surface area contributed by atoms with Crippen molar-refractivity contribution in [3.8, 4) is 16.9 Å². The van der Waals surface area contributed by atoms with Crippen molar-refractivity contribution in [2.45, 2.75) is 13.0 Å². The molecule has 0 saturated carbocycles. The molecule has 1 unspecified atom stereocenters. The first-order valence-electron chi connectivity index (χ1n) is 11.5. The first-order chi connectivity index (χ1) is 17.0. The van der Waals surface area contributed by atoms with Crippen LogP contribution in [0.3, 0.4) is 0 Å². The van der Waals surface area contributed by atoms with E-state index in [0.29, 0.717) is 17.3 Å². The zero-order chi connectivity index (χ0) is 24.4. The van der Waals surface area contributed by atoms with Crippen LogP contribution >= 0.6 is 0 Å². The fourth-order valence-corrected chi connectivity index (χ4v) is 4.44. The number of anilines is 3. The van der Waals surface area contributed by atoms with Gasteiger partial charge in [0, 0.05) is 54.6 Å². The largest absolute Gasteiger partial charge is 0.497 e. The smallest absolute Gasteiger partial charge is 0.294 e. The maximum Gasteiger partial charge on any atom is 0.294 e. The molecule has 3 aromatic carbocycles. The molecule has 9 heteroatoms. The summed E-state index contributed by atoms with van der Waals surface area (Å²) in [7, 11) is 1.64. The SMILES string of the molecule is COc1ccc(-c2cccc3cnc(Nc4ccc(N5CCNCC5C)c([N+](=O)[O-])c4)nc23)cc1. The van der Waals surface area contributed by atoms with Gasteiger partial charge in [0.25, 0.3) is 5.69 Å². The number of fused-ring (bicyclic) bond motifs is 1. The number of rotatable bonds is 6. The molecule has 1 aliphatic rings. The molecule has 2 N–H and O–H groups in total. The van der Waals surface area contributed by atoms with Gasteiger partial charge in [-0.1, -0.05) is 30.3 Å². The second-order valence-electron chi connectivity index (χ2n) is 8.50. The average molecular weight is 471 g/mol. The normalized spacial score (nSPS) is 15.7. The molecule has 0 bridgehead atoms. The Bertz CT molecular complexity index is 1380. The first-order valence-corrected chi connectivity index (χ1v) is 11.5. The number of benzene rings is 3. The molecule has 1 atom stereocenters. The van der Waals surface area contributed by atoms with Gasteiger partial charge in [0.15, 0.2) is 0 Å². The number of nitrogens with zero attached hydrogens (tertiary/aromatic N) is 4. The molecule has 1 aromatic heterocycles. The molecule has 2 heterocycles. The van der Waals surface area contributed by atoms with Crippen LogP contribution in [0.25, 0.3) is 22.0 Å². The third kappa shape index (κ3) is 4.58. The Balaban J connectivity index is 1.48. The standard InChI is InChI=1S/C26H26N6O3/c1-17-15-27-12-13-31(17)23-11-8-20(14-24(23)32(33)34)29-26-28-16-19-4-3-5-22(25(19)30-26)18-6-9-21(35-2)10-7-18/h3-11,14,16-17,27H,12-13,15H2,1-2H3,(H,28,29,30). The number of para-hydroxylation sites is 1. The Hall–Kier alpha value is -4.24. The predicted molar refractivity (Wildman–Crippen MR) is 138 cm³/mol. The average Bonchev–Trinajstić information content (AvgIpc) is 2.89. The van der Waals surface area contributed by atoms with E-state index in [9.17, 15) is 10.1 Å². The molecule has 0 aliphatic carbocycles. The minimum Gasteiger partial charge on any atom is -0.497 e. The van der Waals surface area contributed by atoms with Crippen LogP contribution in [-0.4, -0.2) is 47.7 Å². The minimum absolute atomic E-state index is 0.0588. The molecular formula is C26H26N6O3. The van der Waals surface area contributed by atoms with E-state index in [0.717, 1.165) is 47.4 Å². The van der Waals surface area contributed by atoms with Gasteiger partial charge in [-0.3, -0.25) is 10.1 Å². The number of aromatic nitrogens is 2. The molecule has 1 saturated heterocycles. The highest BCUT2D eigenvalue weighted by Gasteiger charge is 2.26. The van der Waals surface area contributed by atoms with E-state index in [1.165, 1.54) is 0 Å². The van der Waals surface area contributed by atoms with Crippen molar-refractivity contribution in [2.75, 3.05) is 37.0 Å². The number of piperazine rings is 1. The highest BCUT2D eigenvalue weighted by Crippen LogP contribution is 2.34. The van der Waals surface area contributed by atoms with Gasteiger partial charge in [-0.15, -0.1) is 0 Å². The van der Waals surface area contributed by atoms with Crippen LogP contribution < -0.4 is 20.3 Å². The molecule has 4 aromatic rings. The molecule has 9 nitrogen and oxygen atoms in total. The van der Waals surface area contributed by atoms with E-state index in [-0.39, 0.29) is 16.7 Å². The molecule has 0 amide bonds. The van der Waals surface area contributed by atoms with Crippen molar-refractivity contribution in [1.29, 1.82) is 0 Å². The van der Waals surface area contributed by atoms with E-state index in [1.54, 1.807) is 25.4 Å². The van der Waals surface area contributed by atoms with Gasteiger partial charge in [0.1, 0.15) is 11.4 Å². The quantitative estimate of drug-likeness (QED) is 0.307. The number of nitro benzene ring substituents is 1. The van der Waals surface area contributed by atoms with Gasteiger partial charge in [-0.2, -0.15) is 0 Å². The van der Waals surface area contributed by atoms with Crippen molar-refractivity contribution in [1.82, 2.24) is 15.3 Å². The van der Waals surface area contributed by atoms with Gasteiger partial charge < -0.3 is 20.3 Å². The molecular weight excluding hydrogens is 444 g/mol. The Morgan fingerprint density at radius 2 is 2.00 bits per heavy atom. The predicted octanol–water partition coefficient (Wildman–Crippen LogP) is 4.76. The summed E-state index contributed by atoms with van der Waals surface area (Å²) in [5.41, 5.74) is 4.00. The van der Waals surface area contributed by atoms with Gasteiger partial charge in [0.2, 0.25) is 5.95 Å². The summed E-state index contributed by atoms with van der Waals surface area (Å²) in [6.07, 6.45) is 1.75. The lowest BCUT2D eigenvalue weighted by molar-refractivity contribution is -0.384. The summed E-state index contributed by atoms with van der Waals surface area (Å²) >= 11 is 0. The van der Waals surface area contributed by atoms with Crippen molar-refractivity contribution in [3.05, 3.63) is 77.0 Å².